The Morgan fingerprint density at radius 2 is 1.82 bits per heavy atom. The summed E-state index contributed by atoms with van der Waals surface area (Å²) in [6.07, 6.45) is -7.77. The van der Waals surface area contributed by atoms with Crippen molar-refractivity contribution in [3.63, 3.8) is 0 Å². The highest BCUT2D eigenvalue weighted by Gasteiger charge is 2.53. The Kier molecular flexibility index (Phi) is 6.50. The second-order valence-electron chi connectivity index (χ2n) is 8.02. The first-order valence-electron chi connectivity index (χ1n) is 10.1. The third kappa shape index (κ3) is 4.11. The van der Waals surface area contributed by atoms with Crippen LogP contribution in [0.4, 0.5) is 24.7 Å². The number of fused-ring (bicyclic) bond motifs is 1. The number of aromatic nitrogens is 1. The summed E-state index contributed by atoms with van der Waals surface area (Å²) < 4.78 is 40.1. The number of aliphatic hydroxyl groups is 2. The van der Waals surface area contributed by atoms with E-state index < -0.39 is 47.6 Å². The van der Waals surface area contributed by atoms with Gasteiger partial charge in [0, 0.05) is 17.9 Å². The lowest BCUT2D eigenvalue weighted by molar-refractivity contribution is -0.137. The fourth-order valence-electron chi connectivity index (χ4n) is 4.22. The predicted octanol–water partition coefficient (Wildman–Crippen LogP) is 3.79. The number of carbonyl (C=O) groups is 2. The second kappa shape index (κ2) is 8.83. The largest absolute Gasteiger partial charge is 0.416 e. The summed E-state index contributed by atoms with van der Waals surface area (Å²) in [4.78, 5) is 32.2. The number of halogens is 6. The molecule has 7 nitrogen and oxygen atoms in total. The molecule has 1 aromatic carbocycles. The molecular weight excluding hydrogens is 522 g/mol. The molecule has 0 spiro atoms. The molecule has 0 saturated carbocycles. The van der Waals surface area contributed by atoms with Crippen LogP contribution in [-0.4, -0.2) is 51.8 Å². The number of pyridine rings is 1. The van der Waals surface area contributed by atoms with Gasteiger partial charge in [0.2, 0.25) is 0 Å². The van der Waals surface area contributed by atoms with Crippen LogP contribution < -0.4 is 9.80 Å². The van der Waals surface area contributed by atoms with Crippen LogP contribution in [0, 0.1) is 6.92 Å². The molecule has 2 aliphatic heterocycles. The minimum absolute atomic E-state index is 0.0697. The molecule has 0 bridgehead atoms. The second-order valence-corrected chi connectivity index (χ2v) is 9.18. The number of hydrogen-bond donors (Lipinski definition) is 2. The van der Waals surface area contributed by atoms with E-state index in [-0.39, 0.29) is 27.3 Å². The van der Waals surface area contributed by atoms with Gasteiger partial charge in [0.15, 0.2) is 6.10 Å². The van der Waals surface area contributed by atoms with E-state index in [0.717, 1.165) is 6.07 Å². The molecule has 0 unspecified atom stereocenters. The Morgan fingerprint density at radius 3 is 2.47 bits per heavy atom. The van der Waals surface area contributed by atoms with Crippen molar-refractivity contribution in [2.24, 2.45) is 0 Å². The Hall–Kier alpha value is -2.11. The third-order valence-electron chi connectivity index (χ3n) is 5.79. The first kappa shape index (κ1) is 25.0. The Morgan fingerprint density at radius 1 is 1.15 bits per heavy atom. The van der Waals surface area contributed by atoms with Gasteiger partial charge in [0.25, 0.3) is 11.8 Å². The van der Waals surface area contributed by atoms with E-state index in [1.807, 2.05) is 0 Å². The van der Waals surface area contributed by atoms with Crippen molar-refractivity contribution in [3.8, 4) is 0 Å². The van der Waals surface area contributed by atoms with Crippen LogP contribution in [-0.2, 0) is 22.2 Å². The number of rotatable bonds is 2. The predicted molar refractivity (Wildman–Crippen MR) is 119 cm³/mol. The fraction of sp³-hybridized carbons (Fsp3) is 0.381. The van der Waals surface area contributed by atoms with Crippen LogP contribution >= 0.6 is 34.8 Å². The molecule has 1 aromatic heterocycles. The van der Waals surface area contributed by atoms with Crippen molar-refractivity contribution in [1.82, 2.24) is 4.98 Å². The van der Waals surface area contributed by atoms with E-state index >= 15 is 0 Å². The molecule has 2 N–H and O–H groups in total. The van der Waals surface area contributed by atoms with Crippen LogP contribution in [0.25, 0.3) is 0 Å². The van der Waals surface area contributed by atoms with Gasteiger partial charge in [-0.1, -0.05) is 34.8 Å². The molecule has 182 valence electrons. The van der Waals surface area contributed by atoms with Gasteiger partial charge in [-0.25, -0.2) is 4.98 Å². The van der Waals surface area contributed by atoms with E-state index in [9.17, 15) is 33.0 Å². The molecule has 2 aliphatic rings. The van der Waals surface area contributed by atoms with Crippen LogP contribution in [0.3, 0.4) is 0 Å². The van der Waals surface area contributed by atoms with Crippen LogP contribution in [0.15, 0.2) is 18.2 Å². The van der Waals surface area contributed by atoms with E-state index in [0.29, 0.717) is 35.1 Å². The van der Waals surface area contributed by atoms with Crippen molar-refractivity contribution in [1.29, 1.82) is 0 Å². The normalized spacial score (nSPS) is 22.9. The van der Waals surface area contributed by atoms with Gasteiger partial charge in [0.1, 0.15) is 18.0 Å². The molecule has 4 rings (SSSR count). The van der Waals surface area contributed by atoms with Gasteiger partial charge in [-0.15, -0.1) is 0 Å². The summed E-state index contributed by atoms with van der Waals surface area (Å²) in [7, 11) is 0. The third-order valence-corrected chi connectivity index (χ3v) is 7.09. The van der Waals surface area contributed by atoms with Crippen molar-refractivity contribution >= 4 is 58.1 Å². The summed E-state index contributed by atoms with van der Waals surface area (Å²) in [5, 5.41) is 21.1. The van der Waals surface area contributed by atoms with Crippen LogP contribution in [0.2, 0.25) is 15.1 Å². The topological polar surface area (TPSA) is 94.0 Å². The van der Waals surface area contributed by atoms with Gasteiger partial charge in [-0.2, -0.15) is 13.2 Å². The number of aryl methyl sites for hydroxylation is 1. The van der Waals surface area contributed by atoms with Gasteiger partial charge >= 0.3 is 6.18 Å². The highest BCUT2D eigenvalue weighted by Crippen LogP contribution is 2.43. The minimum atomic E-state index is -4.75. The summed E-state index contributed by atoms with van der Waals surface area (Å²) >= 11 is 18.5. The lowest BCUT2D eigenvalue weighted by Gasteiger charge is -2.35. The zero-order chi connectivity index (χ0) is 25.1. The van der Waals surface area contributed by atoms with Gasteiger partial charge in [-0.05, 0) is 43.5 Å². The van der Waals surface area contributed by atoms with E-state index in [1.165, 1.54) is 17.9 Å². The number of carbonyl (C=O) groups excluding carboxylic acids is 2. The molecule has 34 heavy (non-hydrogen) atoms. The quantitative estimate of drug-likeness (QED) is 0.568. The summed E-state index contributed by atoms with van der Waals surface area (Å²) in [5.74, 6) is -2.51. The number of nitrogens with zero attached hydrogens (tertiary/aromatic N) is 3. The zero-order valence-corrected chi connectivity index (χ0v) is 19.7. The highest BCUT2D eigenvalue weighted by atomic mass is 35.5. The maximum absolute atomic E-state index is 13.6. The molecule has 2 aromatic rings. The standard InChI is InChI=1S/C21H17Cl3F3N3O4/c1-8-5-9(21(25,26)27)6-13(28-8)30-16(17(31)18(32)20(30)34)19(33)29-4-2-3-10-12(29)7-11(22)15(24)14(10)23/h5-7,16-18,31-32H,2-4H2,1H3/t16-,17-,18-/m0/s1. The number of anilines is 2. The Bertz CT molecular complexity index is 1190. The van der Waals surface area contributed by atoms with Gasteiger partial charge < -0.3 is 15.1 Å². The number of amides is 2. The minimum Gasteiger partial charge on any atom is -0.387 e. The molecule has 3 heterocycles. The van der Waals surface area contributed by atoms with Crippen molar-refractivity contribution < 1.29 is 33.0 Å². The first-order chi connectivity index (χ1) is 15.8. The lowest BCUT2D eigenvalue weighted by Crippen LogP contribution is -2.52. The Balaban J connectivity index is 1.81. The number of alkyl halides is 3. The van der Waals surface area contributed by atoms with Crippen LogP contribution in [0.1, 0.15) is 23.2 Å². The molecule has 2 amide bonds. The molecule has 1 fully saturated rings. The summed E-state index contributed by atoms with van der Waals surface area (Å²) in [6.45, 7) is 1.44. The first-order valence-corrected chi connectivity index (χ1v) is 11.2. The maximum atomic E-state index is 13.6. The SMILES string of the molecule is Cc1cc(C(F)(F)F)cc(N2C(=O)[C@@H](O)[C@@H](O)[C@H]2C(=O)N2CCCc3c2cc(Cl)c(Cl)c3Cl)n1. The van der Waals surface area contributed by atoms with Crippen molar-refractivity contribution in [2.75, 3.05) is 16.3 Å². The average Bonchev–Trinajstić information content (AvgIpc) is 2.99. The van der Waals surface area contributed by atoms with Crippen LogP contribution in [0.5, 0.6) is 0 Å². The molecule has 0 radical (unpaired) electrons. The van der Waals surface area contributed by atoms with E-state index in [4.69, 9.17) is 34.8 Å². The van der Waals surface area contributed by atoms with Gasteiger partial charge in [0.05, 0.1) is 20.6 Å². The molecule has 0 aliphatic carbocycles. The smallest absolute Gasteiger partial charge is 0.387 e. The molecule has 3 atom stereocenters. The van der Waals surface area contributed by atoms with E-state index in [1.54, 1.807) is 0 Å². The lowest BCUT2D eigenvalue weighted by atomic mass is 9.99. The monoisotopic (exact) mass is 537 g/mol. The van der Waals surface area contributed by atoms with Crippen molar-refractivity contribution in [3.05, 3.63) is 50.1 Å². The maximum Gasteiger partial charge on any atom is 0.416 e. The average molecular weight is 539 g/mol. The molecular formula is C21H17Cl3F3N3O4. The number of benzene rings is 1. The highest BCUT2D eigenvalue weighted by molar-refractivity contribution is 6.48. The molecule has 13 heteroatoms. The Labute approximate surface area is 206 Å². The van der Waals surface area contributed by atoms with Crippen molar-refractivity contribution in [2.45, 2.75) is 44.2 Å². The number of hydrogen-bond acceptors (Lipinski definition) is 5. The summed E-state index contributed by atoms with van der Waals surface area (Å²) in [6, 6.07) is 1.05. The van der Waals surface area contributed by atoms with E-state index in [2.05, 4.69) is 4.98 Å². The fourth-order valence-corrected chi connectivity index (χ4v) is 4.93. The molecule has 1 saturated heterocycles. The number of aliphatic hydroxyl groups excluding tert-OH is 2. The zero-order valence-electron chi connectivity index (χ0n) is 17.4. The summed E-state index contributed by atoms with van der Waals surface area (Å²) in [5.41, 5.74) is -0.350. The van der Waals surface area contributed by atoms with Gasteiger partial charge in [-0.3, -0.25) is 14.5 Å².